The zero-order valence-corrected chi connectivity index (χ0v) is 14.1. The molecule has 2 aromatic carbocycles. The van der Waals surface area contributed by atoms with E-state index in [1.54, 1.807) is 26.4 Å². The van der Waals surface area contributed by atoms with Crippen molar-refractivity contribution in [2.75, 3.05) is 21.0 Å². The van der Waals surface area contributed by atoms with Crippen molar-refractivity contribution in [1.29, 1.82) is 0 Å². The third-order valence-corrected chi connectivity index (χ3v) is 4.22. The van der Waals surface area contributed by atoms with E-state index in [4.69, 9.17) is 30.5 Å². The monoisotopic (exact) mass is 348 g/mol. The predicted molar refractivity (Wildman–Crippen MR) is 89.4 cm³/mol. The number of methoxy groups -OCH3 is 2. The molecule has 0 bridgehead atoms. The average molecular weight is 349 g/mol. The Balaban J connectivity index is 1.89. The van der Waals surface area contributed by atoms with Gasteiger partial charge in [-0.2, -0.15) is 0 Å². The van der Waals surface area contributed by atoms with Gasteiger partial charge in [-0.25, -0.2) is 0 Å². The normalized spacial score (nSPS) is 13.5. The van der Waals surface area contributed by atoms with E-state index in [2.05, 4.69) is 0 Å². The number of benzene rings is 2. The molecular weight excluding hydrogens is 332 g/mol. The van der Waals surface area contributed by atoms with Crippen LogP contribution in [0.25, 0.3) is 0 Å². The molecule has 1 atom stereocenters. The topological polar surface area (TPSA) is 54.0 Å². The van der Waals surface area contributed by atoms with Crippen molar-refractivity contribution in [3.8, 4) is 23.0 Å². The van der Waals surface area contributed by atoms with Crippen molar-refractivity contribution in [3.05, 3.63) is 47.5 Å². The average Bonchev–Trinajstić information content (AvgIpc) is 3.06. The molecule has 5 nitrogen and oxygen atoms in total. The number of carbonyl (C=O) groups excluding carboxylic acids is 1. The first kappa shape index (κ1) is 16.5. The zero-order valence-electron chi connectivity index (χ0n) is 13.4. The fraction of sp³-hybridized carbons (Fsp3) is 0.278. The molecule has 0 aromatic heterocycles. The Bertz CT molecular complexity index is 759. The highest BCUT2D eigenvalue weighted by Gasteiger charge is 2.22. The summed E-state index contributed by atoms with van der Waals surface area (Å²) in [7, 11) is 3.12. The number of carbonyl (C=O) groups is 1. The molecule has 0 aliphatic carbocycles. The summed E-state index contributed by atoms with van der Waals surface area (Å²) in [5, 5.41) is -0.431. The molecule has 2 aromatic rings. The van der Waals surface area contributed by atoms with Gasteiger partial charge in [0, 0.05) is 0 Å². The molecule has 1 aliphatic heterocycles. The summed E-state index contributed by atoms with van der Waals surface area (Å²) in [4.78, 5) is 12.0. The van der Waals surface area contributed by atoms with Crippen molar-refractivity contribution in [2.45, 2.75) is 12.3 Å². The van der Waals surface area contributed by atoms with E-state index in [9.17, 15) is 4.79 Å². The van der Waals surface area contributed by atoms with Gasteiger partial charge in [-0.1, -0.05) is 12.1 Å². The highest BCUT2D eigenvalue weighted by Crippen LogP contribution is 2.36. The maximum absolute atomic E-state index is 12.0. The zero-order chi connectivity index (χ0) is 17.1. The Hall–Kier alpha value is -2.40. The maximum Gasteiger partial charge on any atom is 0.231 e. The van der Waals surface area contributed by atoms with E-state index >= 15 is 0 Å². The standard InChI is InChI=1S/C18H17ClO5/c1-21-14-6-4-12(9-16(14)22-2)13(18(19)20)7-11-3-5-15-17(8-11)24-10-23-15/h3-6,8-9,13H,7,10H2,1-2H3. The molecule has 1 heterocycles. The number of hydrogen-bond acceptors (Lipinski definition) is 5. The summed E-state index contributed by atoms with van der Waals surface area (Å²) < 4.78 is 21.2. The molecule has 0 saturated heterocycles. The van der Waals surface area contributed by atoms with E-state index in [1.807, 2.05) is 24.3 Å². The second-order valence-corrected chi connectivity index (χ2v) is 5.74. The first-order chi connectivity index (χ1) is 11.6. The van der Waals surface area contributed by atoms with E-state index in [-0.39, 0.29) is 6.79 Å². The van der Waals surface area contributed by atoms with Gasteiger partial charge in [-0.15, -0.1) is 0 Å². The first-order valence-corrected chi connectivity index (χ1v) is 7.80. The fourth-order valence-electron chi connectivity index (χ4n) is 2.70. The Morgan fingerprint density at radius 1 is 1.08 bits per heavy atom. The highest BCUT2D eigenvalue weighted by molar-refractivity contribution is 6.64. The molecule has 3 rings (SSSR count). The number of rotatable bonds is 6. The maximum atomic E-state index is 12.0. The van der Waals surface area contributed by atoms with E-state index < -0.39 is 11.2 Å². The lowest BCUT2D eigenvalue weighted by molar-refractivity contribution is -0.113. The molecule has 0 N–H and O–H groups in total. The Morgan fingerprint density at radius 2 is 1.83 bits per heavy atom. The number of fused-ring (bicyclic) bond motifs is 1. The van der Waals surface area contributed by atoms with Crippen LogP contribution in [-0.2, 0) is 11.2 Å². The van der Waals surface area contributed by atoms with Gasteiger partial charge in [0.15, 0.2) is 23.0 Å². The van der Waals surface area contributed by atoms with Crippen molar-refractivity contribution >= 4 is 16.8 Å². The molecule has 0 amide bonds. The van der Waals surface area contributed by atoms with Crippen LogP contribution in [0.3, 0.4) is 0 Å². The van der Waals surface area contributed by atoms with Gasteiger partial charge in [0.2, 0.25) is 12.0 Å². The molecule has 126 valence electrons. The number of halogens is 1. The molecule has 0 saturated carbocycles. The first-order valence-electron chi connectivity index (χ1n) is 7.42. The lowest BCUT2D eigenvalue weighted by atomic mass is 9.92. The predicted octanol–water partition coefficient (Wildman–Crippen LogP) is 3.52. The highest BCUT2D eigenvalue weighted by atomic mass is 35.5. The summed E-state index contributed by atoms with van der Waals surface area (Å²) >= 11 is 5.85. The van der Waals surface area contributed by atoms with Crippen LogP contribution in [0.5, 0.6) is 23.0 Å². The van der Waals surface area contributed by atoms with Crippen LogP contribution in [0.4, 0.5) is 0 Å². The molecule has 0 spiro atoms. The molecular formula is C18H17ClO5. The Labute approximate surface area is 145 Å². The minimum Gasteiger partial charge on any atom is -0.493 e. The smallest absolute Gasteiger partial charge is 0.231 e. The van der Waals surface area contributed by atoms with Crippen LogP contribution in [-0.4, -0.2) is 26.3 Å². The van der Waals surface area contributed by atoms with Crippen LogP contribution < -0.4 is 18.9 Å². The van der Waals surface area contributed by atoms with E-state index in [1.165, 1.54) is 0 Å². The number of ether oxygens (including phenoxy) is 4. The lowest BCUT2D eigenvalue weighted by Gasteiger charge is -2.16. The lowest BCUT2D eigenvalue weighted by Crippen LogP contribution is -2.10. The quantitative estimate of drug-likeness (QED) is 0.747. The molecule has 6 heteroatoms. The molecule has 1 unspecified atom stereocenters. The fourth-order valence-corrected chi connectivity index (χ4v) is 2.91. The molecule has 0 fully saturated rings. The summed E-state index contributed by atoms with van der Waals surface area (Å²) in [6.45, 7) is 0.215. The Morgan fingerprint density at radius 3 is 2.54 bits per heavy atom. The van der Waals surface area contributed by atoms with Crippen LogP contribution in [0, 0.1) is 0 Å². The van der Waals surface area contributed by atoms with Gasteiger partial charge in [-0.3, -0.25) is 4.79 Å². The summed E-state index contributed by atoms with van der Waals surface area (Å²) in [5.41, 5.74) is 1.71. The minimum absolute atomic E-state index is 0.215. The molecule has 1 aliphatic rings. The van der Waals surface area contributed by atoms with Crippen LogP contribution in [0.2, 0.25) is 0 Å². The largest absolute Gasteiger partial charge is 0.493 e. The third-order valence-electron chi connectivity index (χ3n) is 3.96. The van der Waals surface area contributed by atoms with Crippen molar-refractivity contribution in [3.63, 3.8) is 0 Å². The van der Waals surface area contributed by atoms with Gasteiger partial charge in [0.05, 0.1) is 20.1 Å². The number of hydrogen-bond donors (Lipinski definition) is 0. The third kappa shape index (κ3) is 3.26. The second-order valence-electron chi connectivity index (χ2n) is 5.36. The minimum atomic E-state index is -0.494. The summed E-state index contributed by atoms with van der Waals surface area (Å²) in [6, 6.07) is 11.0. The van der Waals surface area contributed by atoms with E-state index in [0.717, 1.165) is 11.1 Å². The van der Waals surface area contributed by atoms with E-state index in [0.29, 0.717) is 29.4 Å². The van der Waals surface area contributed by atoms with Crippen molar-refractivity contribution < 1.29 is 23.7 Å². The SMILES string of the molecule is COc1ccc(C(Cc2ccc3c(c2)OCO3)C(=O)Cl)cc1OC. The summed E-state index contributed by atoms with van der Waals surface area (Å²) in [5.74, 6) is 2.06. The molecule has 0 radical (unpaired) electrons. The van der Waals surface area contributed by atoms with Gasteiger partial charge >= 0.3 is 0 Å². The van der Waals surface area contributed by atoms with Crippen molar-refractivity contribution in [1.82, 2.24) is 0 Å². The van der Waals surface area contributed by atoms with Gasteiger partial charge in [0.25, 0.3) is 0 Å². The van der Waals surface area contributed by atoms with Crippen LogP contribution in [0.1, 0.15) is 17.0 Å². The Kier molecular flexibility index (Phi) is 4.81. The van der Waals surface area contributed by atoms with Gasteiger partial charge in [0.1, 0.15) is 0 Å². The summed E-state index contributed by atoms with van der Waals surface area (Å²) in [6.07, 6.45) is 0.453. The van der Waals surface area contributed by atoms with Gasteiger partial charge < -0.3 is 18.9 Å². The van der Waals surface area contributed by atoms with Gasteiger partial charge in [-0.05, 0) is 53.4 Å². The van der Waals surface area contributed by atoms with Crippen LogP contribution >= 0.6 is 11.6 Å². The second kappa shape index (κ2) is 7.01. The van der Waals surface area contributed by atoms with Crippen molar-refractivity contribution in [2.24, 2.45) is 0 Å². The van der Waals surface area contributed by atoms with Crippen LogP contribution in [0.15, 0.2) is 36.4 Å². The molecule has 24 heavy (non-hydrogen) atoms.